The van der Waals surface area contributed by atoms with Crippen molar-refractivity contribution in [3.63, 3.8) is 0 Å². The number of hydrogen-bond donors (Lipinski definition) is 0. The Balaban J connectivity index is 0.00000169. The van der Waals surface area contributed by atoms with Crippen LogP contribution in [0.2, 0.25) is 0 Å². The summed E-state index contributed by atoms with van der Waals surface area (Å²) >= 11 is 0. The smallest absolute Gasteiger partial charge is 0.107 e. The molecule has 3 heteroatoms. The number of halogens is 1. The summed E-state index contributed by atoms with van der Waals surface area (Å²) in [6.45, 7) is 6.90. The number of nitrogens with zero attached hydrogens (tertiary/aromatic N) is 2. The number of rotatable bonds is 3. The summed E-state index contributed by atoms with van der Waals surface area (Å²) in [5.41, 5.74) is 5.91. The topological polar surface area (TPSA) is 4.93 Å². The second-order valence-corrected chi connectivity index (χ2v) is 7.08. The number of quaternary nitrogens is 1. The highest BCUT2D eigenvalue weighted by Crippen LogP contribution is 2.33. The van der Waals surface area contributed by atoms with Crippen LogP contribution in [0, 0.1) is 0 Å². The lowest BCUT2D eigenvalue weighted by Crippen LogP contribution is -3.00. The molecule has 0 spiro atoms. The van der Waals surface area contributed by atoms with Gasteiger partial charge < -0.3 is 26.0 Å². The van der Waals surface area contributed by atoms with Gasteiger partial charge in [-0.15, -0.1) is 0 Å². The van der Waals surface area contributed by atoms with E-state index in [0.29, 0.717) is 0 Å². The van der Waals surface area contributed by atoms with Gasteiger partial charge in [0, 0.05) is 35.1 Å². The Bertz CT molecular complexity index is 838. The van der Waals surface area contributed by atoms with Crippen LogP contribution >= 0.6 is 0 Å². The van der Waals surface area contributed by atoms with E-state index in [1.165, 1.54) is 36.0 Å². The van der Waals surface area contributed by atoms with Crippen LogP contribution in [-0.4, -0.2) is 29.2 Å². The Morgan fingerprint density at radius 1 is 1.00 bits per heavy atom. The molecular weight excluding hydrogens is 360 g/mol. The van der Waals surface area contributed by atoms with Crippen LogP contribution in [0.1, 0.15) is 23.7 Å². The highest BCUT2D eigenvalue weighted by atomic mass is 79.9. The van der Waals surface area contributed by atoms with Crippen molar-refractivity contribution in [3.05, 3.63) is 71.4 Å². The molecule has 1 unspecified atom stereocenters. The van der Waals surface area contributed by atoms with E-state index in [4.69, 9.17) is 0 Å². The fourth-order valence-electron chi connectivity index (χ4n) is 3.94. The van der Waals surface area contributed by atoms with Crippen molar-refractivity contribution in [2.45, 2.75) is 26.4 Å². The van der Waals surface area contributed by atoms with Gasteiger partial charge in [-0.05, 0) is 18.6 Å². The molecular formula is C21H25BrN2. The molecule has 1 aliphatic heterocycles. The molecule has 0 amide bonds. The zero-order valence-electron chi connectivity index (χ0n) is 14.5. The molecule has 2 aromatic carbocycles. The number of benzene rings is 2. The van der Waals surface area contributed by atoms with Gasteiger partial charge in [0.25, 0.3) is 0 Å². The van der Waals surface area contributed by atoms with Gasteiger partial charge >= 0.3 is 0 Å². The standard InChI is InChI=1S/C21H25N2.BrH/c1-3-23(2)14-13-21-19(16-23)18-11-7-8-12-20(18)22(21)15-17-9-5-4-6-10-17;/h4-12H,3,13-16H2,1-2H3;1H/q+1;/p-1. The van der Waals surface area contributed by atoms with Crippen molar-refractivity contribution < 1.29 is 21.5 Å². The Kier molecular flexibility index (Phi) is 4.84. The maximum absolute atomic E-state index is 2.55. The highest BCUT2D eigenvalue weighted by Gasteiger charge is 2.31. The average molecular weight is 385 g/mol. The van der Waals surface area contributed by atoms with Crippen LogP contribution in [-0.2, 0) is 19.5 Å². The SMILES string of the molecule is CC[N+]1(C)CCc2c(c3ccccc3n2Cc2ccccc2)C1.[Br-]. The molecule has 0 saturated heterocycles. The monoisotopic (exact) mass is 384 g/mol. The average Bonchev–Trinajstić information content (AvgIpc) is 2.89. The molecule has 1 aromatic heterocycles. The van der Waals surface area contributed by atoms with Crippen molar-refractivity contribution in [1.29, 1.82) is 0 Å². The molecule has 0 aliphatic carbocycles. The molecule has 2 nitrogen and oxygen atoms in total. The van der Waals surface area contributed by atoms with Gasteiger partial charge in [0.2, 0.25) is 0 Å². The molecule has 1 aliphatic rings. The number of likely N-dealkylation sites (N-methyl/N-ethyl adjacent to an activating group) is 1. The van der Waals surface area contributed by atoms with Crippen LogP contribution in [0.5, 0.6) is 0 Å². The Morgan fingerprint density at radius 2 is 1.71 bits per heavy atom. The van der Waals surface area contributed by atoms with Crippen LogP contribution in [0.25, 0.3) is 10.9 Å². The highest BCUT2D eigenvalue weighted by molar-refractivity contribution is 5.85. The minimum atomic E-state index is 0. The first-order chi connectivity index (χ1) is 11.2. The van der Waals surface area contributed by atoms with Gasteiger partial charge in [0.15, 0.2) is 0 Å². The molecule has 2 heterocycles. The van der Waals surface area contributed by atoms with Gasteiger partial charge in [0.1, 0.15) is 6.54 Å². The molecule has 1 atom stereocenters. The Morgan fingerprint density at radius 3 is 2.46 bits per heavy atom. The van der Waals surface area contributed by atoms with Crippen molar-refractivity contribution in [2.75, 3.05) is 20.1 Å². The van der Waals surface area contributed by atoms with E-state index in [2.05, 4.69) is 73.1 Å². The van der Waals surface area contributed by atoms with Crippen molar-refractivity contribution in [3.8, 4) is 0 Å². The third-order valence-corrected chi connectivity index (χ3v) is 5.57. The summed E-state index contributed by atoms with van der Waals surface area (Å²) in [5.74, 6) is 0. The van der Waals surface area contributed by atoms with Crippen LogP contribution in [0.4, 0.5) is 0 Å². The fourth-order valence-corrected chi connectivity index (χ4v) is 3.94. The first-order valence-corrected chi connectivity index (χ1v) is 8.67. The number of aromatic nitrogens is 1. The fraction of sp³-hybridized carbons (Fsp3) is 0.333. The second-order valence-electron chi connectivity index (χ2n) is 7.08. The molecule has 0 N–H and O–H groups in total. The van der Waals surface area contributed by atoms with Gasteiger partial charge in [-0.25, -0.2) is 0 Å². The largest absolute Gasteiger partial charge is 1.00 e. The molecule has 24 heavy (non-hydrogen) atoms. The van der Waals surface area contributed by atoms with Gasteiger partial charge in [-0.1, -0.05) is 48.5 Å². The molecule has 0 bridgehead atoms. The maximum atomic E-state index is 2.55. The summed E-state index contributed by atoms with van der Waals surface area (Å²) in [6.07, 6.45) is 1.18. The Labute approximate surface area is 155 Å². The summed E-state index contributed by atoms with van der Waals surface area (Å²) in [6, 6.07) is 19.8. The van der Waals surface area contributed by atoms with Gasteiger partial charge in [-0.2, -0.15) is 0 Å². The van der Waals surface area contributed by atoms with Gasteiger partial charge in [-0.3, -0.25) is 0 Å². The predicted molar refractivity (Wildman–Crippen MR) is 96.5 cm³/mol. The quantitative estimate of drug-likeness (QED) is 0.598. The van der Waals surface area contributed by atoms with E-state index >= 15 is 0 Å². The molecule has 4 rings (SSSR count). The summed E-state index contributed by atoms with van der Waals surface area (Å²) < 4.78 is 3.71. The first-order valence-electron chi connectivity index (χ1n) is 8.67. The molecule has 0 radical (unpaired) electrons. The lowest BCUT2D eigenvalue weighted by Gasteiger charge is -2.37. The van der Waals surface area contributed by atoms with Crippen molar-refractivity contribution in [2.24, 2.45) is 0 Å². The number of fused-ring (bicyclic) bond motifs is 3. The van der Waals surface area contributed by atoms with Crippen molar-refractivity contribution >= 4 is 10.9 Å². The van der Waals surface area contributed by atoms with E-state index in [-0.39, 0.29) is 17.0 Å². The van der Waals surface area contributed by atoms with E-state index in [1.54, 1.807) is 11.3 Å². The lowest BCUT2D eigenvalue weighted by molar-refractivity contribution is -0.922. The van der Waals surface area contributed by atoms with E-state index in [1.807, 2.05) is 0 Å². The number of hydrogen-bond acceptors (Lipinski definition) is 0. The first kappa shape index (κ1) is 17.2. The van der Waals surface area contributed by atoms with Crippen LogP contribution in [0.15, 0.2) is 54.6 Å². The lowest BCUT2D eigenvalue weighted by atomic mass is 10.0. The predicted octanol–water partition coefficient (Wildman–Crippen LogP) is 1.22. The van der Waals surface area contributed by atoms with Crippen LogP contribution < -0.4 is 17.0 Å². The summed E-state index contributed by atoms with van der Waals surface area (Å²) in [4.78, 5) is 0. The second kappa shape index (κ2) is 6.73. The third-order valence-electron chi connectivity index (χ3n) is 5.57. The van der Waals surface area contributed by atoms with Gasteiger partial charge in [0.05, 0.1) is 20.1 Å². The minimum absolute atomic E-state index is 0. The molecule has 0 fully saturated rings. The molecule has 0 saturated carbocycles. The van der Waals surface area contributed by atoms with Crippen molar-refractivity contribution in [1.82, 2.24) is 4.57 Å². The van der Waals surface area contributed by atoms with E-state index < -0.39 is 0 Å². The third kappa shape index (κ3) is 2.91. The zero-order chi connectivity index (χ0) is 15.9. The van der Waals surface area contributed by atoms with E-state index in [0.717, 1.165) is 17.6 Å². The number of para-hydroxylation sites is 1. The maximum Gasteiger partial charge on any atom is 0.107 e. The van der Waals surface area contributed by atoms with E-state index in [9.17, 15) is 0 Å². The Hall–Kier alpha value is -1.58. The van der Waals surface area contributed by atoms with Crippen LogP contribution in [0.3, 0.4) is 0 Å². The zero-order valence-corrected chi connectivity index (χ0v) is 16.1. The molecule has 126 valence electrons. The summed E-state index contributed by atoms with van der Waals surface area (Å²) in [7, 11) is 2.40. The normalized spacial score (nSPS) is 19.8. The summed E-state index contributed by atoms with van der Waals surface area (Å²) in [5, 5.41) is 1.45. The molecule has 3 aromatic rings. The minimum Gasteiger partial charge on any atom is -1.00 e.